The van der Waals surface area contributed by atoms with Gasteiger partial charge in [0, 0.05) is 47.2 Å². The Labute approximate surface area is 190 Å². The molecule has 0 atom stereocenters. The fourth-order valence-corrected chi connectivity index (χ4v) is 3.90. The summed E-state index contributed by atoms with van der Waals surface area (Å²) < 4.78 is 52.5. The van der Waals surface area contributed by atoms with Gasteiger partial charge in [-0.15, -0.1) is 0 Å². The third kappa shape index (κ3) is 5.27. The first-order valence-corrected chi connectivity index (χ1v) is 11.3. The van der Waals surface area contributed by atoms with Crippen LogP contribution in [0.15, 0.2) is 67.1 Å². The van der Waals surface area contributed by atoms with Gasteiger partial charge in [-0.05, 0) is 60.9 Å². The number of aryl methyl sites for hydroxylation is 1. The molecule has 0 saturated heterocycles. The lowest BCUT2D eigenvalue weighted by atomic mass is 9.97. The molecule has 4 aromatic rings. The normalized spacial score (nSPS) is 11.2. The summed E-state index contributed by atoms with van der Waals surface area (Å²) in [5, 5.41) is 0.678. The molecule has 2 aromatic heterocycles. The molecule has 0 fully saturated rings. The maximum atomic E-state index is 15.0. The minimum Gasteiger partial charge on any atom is -0.288 e. The molecule has 0 amide bonds. The smallest absolute Gasteiger partial charge is 0.201 e. The maximum Gasteiger partial charge on any atom is 0.201 e. The van der Waals surface area contributed by atoms with Crippen molar-refractivity contribution in [1.29, 1.82) is 0 Å². The highest BCUT2D eigenvalue weighted by Crippen LogP contribution is 2.25. The van der Waals surface area contributed by atoms with Crippen LogP contribution in [0.4, 0.5) is 8.78 Å². The summed E-state index contributed by atoms with van der Waals surface area (Å²) in [5.74, 6) is -2.20. The number of ketones is 1. The van der Waals surface area contributed by atoms with Crippen LogP contribution in [0.2, 0.25) is 0 Å². The number of carbonyl (C=O) groups excluding carboxylic acids is 1. The predicted octanol–water partition coefficient (Wildman–Crippen LogP) is 3.85. The second-order valence-corrected chi connectivity index (χ2v) is 8.23. The van der Waals surface area contributed by atoms with Gasteiger partial charge in [0.05, 0.1) is 11.1 Å². The van der Waals surface area contributed by atoms with E-state index in [9.17, 15) is 17.6 Å². The maximum absolute atomic E-state index is 15.0. The van der Waals surface area contributed by atoms with Gasteiger partial charge in [0.2, 0.25) is 10.9 Å². The second-order valence-electron chi connectivity index (χ2n) is 7.40. The van der Waals surface area contributed by atoms with Crippen molar-refractivity contribution in [3.8, 4) is 11.1 Å². The van der Waals surface area contributed by atoms with E-state index in [1.807, 2.05) is 12.1 Å². The third-order valence-corrected chi connectivity index (χ3v) is 5.64. The summed E-state index contributed by atoms with van der Waals surface area (Å²) in [6, 6.07) is 12.2. The average Bonchev–Trinajstić information content (AvgIpc) is 2.83. The monoisotopic (exact) mass is 467 g/mol. The molecule has 0 unspecified atom stereocenters. The lowest BCUT2D eigenvalue weighted by molar-refractivity contribution is 0.103. The van der Waals surface area contributed by atoms with E-state index in [4.69, 9.17) is 0 Å². The molecule has 0 saturated carbocycles. The Kier molecular flexibility index (Phi) is 6.81. The van der Waals surface area contributed by atoms with Gasteiger partial charge in [-0.2, -0.15) is 0 Å². The Morgan fingerprint density at radius 3 is 2.61 bits per heavy atom. The number of fused-ring (bicyclic) bond motifs is 1. The van der Waals surface area contributed by atoms with Crippen LogP contribution in [0.1, 0.15) is 27.9 Å². The molecule has 168 valence electrons. The highest BCUT2D eigenvalue weighted by Gasteiger charge is 2.19. The number of nitrogens with one attached hydrogen (secondary N) is 1. The molecule has 0 aliphatic rings. The number of carbonyl (C=O) groups is 1. The Morgan fingerprint density at radius 1 is 1.00 bits per heavy atom. The van der Waals surface area contributed by atoms with E-state index in [1.54, 1.807) is 36.8 Å². The first-order valence-electron chi connectivity index (χ1n) is 10.1. The molecular formula is C24H19F2N3O3S. The topological polar surface area (TPSA) is 89.0 Å². The molecule has 0 aliphatic carbocycles. The Bertz CT molecular complexity index is 1400. The van der Waals surface area contributed by atoms with Gasteiger partial charge in [0.1, 0.15) is 11.6 Å². The number of nitrogens with zero attached hydrogens (tertiary/aromatic N) is 2. The molecule has 0 aliphatic heterocycles. The van der Waals surface area contributed by atoms with Gasteiger partial charge >= 0.3 is 0 Å². The molecule has 0 spiro atoms. The van der Waals surface area contributed by atoms with Crippen molar-refractivity contribution in [2.45, 2.75) is 12.8 Å². The van der Waals surface area contributed by atoms with Crippen LogP contribution in [0, 0.1) is 11.6 Å². The largest absolute Gasteiger partial charge is 0.288 e. The van der Waals surface area contributed by atoms with E-state index < -0.39 is 28.3 Å². The fraction of sp³-hybridized carbons (Fsp3) is 0.125. The van der Waals surface area contributed by atoms with Gasteiger partial charge in [0.25, 0.3) is 0 Å². The van der Waals surface area contributed by atoms with E-state index in [0.717, 1.165) is 23.3 Å². The van der Waals surface area contributed by atoms with Crippen LogP contribution in [0.25, 0.3) is 22.0 Å². The Hall–Kier alpha value is -3.56. The van der Waals surface area contributed by atoms with Crippen molar-refractivity contribution in [3.05, 3.63) is 95.4 Å². The van der Waals surface area contributed by atoms with Crippen LogP contribution in [0.3, 0.4) is 0 Å². The Balaban J connectivity index is 1.65. The number of rotatable bonds is 8. The van der Waals surface area contributed by atoms with E-state index >= 15 is 4.39 Å². The number of hydrogen-bond acceptors (Lipinski definition) is 5. The fourth-order valence-electron chi connectivity index (χ4n) is 3.56. The molecule has 9 heteroatoms. The minimum atomic E-state index is -2.75. The summed E-state index contributed by atoms with van der Waals surface area (Å²) in [4.78, 5) is 21.6. The van der Waals surface area contributed by atoms with Gasteiger partial charge in [-0.1, -0.05) is 6.07 Å². The van der Waals surface area contributed by atoms with Crippen molar-refractivity contribution in [1.82, 2.24) is 14.7 Å². The molecule has 2 heterocycles. The molecule has 2 aromatic carbocycles. The van der Waals surface area contributed by atoms with Gasteiger partial charge < -0.3 is 0 Å². The van der Waals surface area contributed by atoms with Gasteiger partial charge in [-0.25, -0.2) is 21.9 Å². The molecule has 0 radical (unpaired) electrons. The standard InChI is InChI=1S/C24H19F2N3O3S/c25-20-11-15(3-2-8-29-33(31)32)23(26)21(12-20)24(30)16-5-6-22-18(9-16)10-19(14-28-22)17-4-1-7-27-13-17/h1,4-7,9-14,33H,2-3,8H2,(H,29,31,32). The van der Waals surface area contributed by atoms with E-state index in [0.29, 0.717) is 10.9 Å². The molecule has 6 nitrogen and oxygen atoms in total. The van der Waals surface area contributed by atoms with E-state index in [-0.39, 0.29) is 36.1 Å². The quantitative estimate of drug-likeness (QED) is 0.233. The summed E-state index contributed by atoms with van der Waals surface area (Å²) in [5.41, 5.74) is 2.18. The molecule has 33 heavy (non-hydrogen) atoms. The Morgan fingerprint density at radius 2 is 1.85 bits per heavy atom. The highest BCUT2D eigenvalue weighted by molar-refractivity contribution is 7.70. The van der Waals surface area contributed by atoms with Crippen molar-refractivity contribution in [2.24, 2.45) is 0 Å². The van der Waals surface area contributed by atoms with Crippen LogP contribution in [-0.2, 0) is 17.3 Å². The summed E-state index contributed by atoms with van der Waals surface area (Å²) in [6.07, 6.45) is 5.41. The van der Waals surface area contributed by atoms with Crippen LogP contribution in [-0.4, -0.2) is 30.7 Å². The van der Waals surface area contributed by atoms with Crippen molar-refractivity contribution in [3.63, 3.8) is 0 Å². The first kappa shape index (κ1) is 22.6. The van der Waals surface area contributed by atoms with Crippen LogP contribution >= 0.6 is 0 Å². The molecular weight excluding hydrogens is 448 g/mol. The summed E-state index contributed by atoms with van der Waals surface area (Å²) in [6.45, 7) is 0.0921. The molecule has 1 N–H and O–H groups in total. The number of benzene rings is 2. The lowest BCUT2D eigenvalue weighted by Crippen LogP contribution is -2.14. The van der Waals surface area contributed by atoms with Crippen LogP contribution < -0.4 is 4.72 Å². The van der Waals surface area contributed by atoms with E-state index in [2.05, 4.69) is 14.7 Å². The average molecular weight is 467 g/mol. The van der Waals surface area contributed by atoms with Crippen molar-refractivity contribution < 1.29 is 22.0 Å². The lowest BCUT2D eigenvalue weighted by Gasteiger charge is -2.10. The minimum absolute atomic E-state index is 0.0163. The number of halogens is 2. The number of pyridine rings is 2. The second kappa shape index (κ2) is 9.93. The SMILES string of the molecule is O=C(c1ccc2ncc(-c3cccnc3)cc2c1)c1cc(F)cc(CCCN[SH](=O)=O)c1F. The summed E-state index contributed by atoms with van der Waals surface area (Å²) in [7, 11) is -2.75. The number of aromatic nitrogens is 2. The molecule has 0 bridgehead atoms. The zero-order chi connectivity index (χ0) is 23.4. The first-order chi connectivity index (χ1) is 15.9. The summed E-state index contributed by atoms with van der Waals surface area (Å²) >= 11 is 0. The van der Waals surface area contributed by atoms with Gasteiger partial charge in [0.15, 0.2) is 5.78 Å². The zero-order valence-electron chi connectivity index (χ0n) is 17.3. The number of hydrogen-bond donors (Lipinski definition) is 2. The molecule has 4 rings (SSSR count). The third-order valence-electron chi connectivity index (χ3n) is 5.16. The van der Waals surface area contributed by atoms with Gasteiger partial charge in [-0.3, -0.25) is 14.8 Å². The predicted molar refractivity (Wildman–Crippen MR) is 121 cm³/mol. The zero-order valence-corrected chi connectivity index (χ0v) is 18.2. The number of thiol groups is 1. The van der Waals surface area contributed by atoms with Crippen molar-refractivity contribution >= 4 is 27.6 Å². The van der Waals surface area contributed by atoms with Crippen LogP contribution in [0.5, 0.6) is 0 Å². The van der Waals surface area contributed by atoms with E-state index in [1.165, 1.54) is 6.07 Å². The highest BCUT2D eigenvalue weighted by atomic mass is 32.2. The van der Waals surface area contributed by atoms with Crippen molar-refractivity contribution in [2.75, 3.05) is 6.54 Å².